The van der Waals surface area contributed by atoms with Gasteiger partial charge in [0.25, 0.3) is 5.91 Å². The van der Waals surface area contributed by atoms with E-state index in [1.54, 1.807) is 26.0 Å². The minimum Gasteiger partial charge on any atom is -0.369 e. The lowest BCUT2D eigenvalue weighted by atomic mass is 9.93. The molecule has 5 nitrogen and oxygen atoms in total. The molecule has 0 saturated carbocycles. The van der Waals surface area contributed by atoms with Gasteiger partial charge >= 0.3 is 0 Å². The first-order valence-electron chi connectivity index (χ1n) is 5.02. The Morgan fingerprint density at radius 2 is 2.12 bits per heavy atom. The number of rotatable bonds is 4. The maximum absolute atomic E-state index is 11.7. The number of hydrogen-bond acceptors (Lipinski definition) is 3. The van der Waals surface area contributed by atoms with Crippen LogP contribution >= 0.6 is 15.9 Å². The molecule has 3 N–H and O–H groups in total. The number of primary amides is 1. The lowest BCUT2D eigenvalue weighted by molar-refractivity contribution is -0.125. The Kier molecular flexibility index (Phi) is 4.22. The molecule has 1 rings (SSSR count). The van der Waals surface area contributed by atoms with E-state index >= 15 is 0 Å². The Balaban J connectivity index is 2.62. The van der Waals surface area contributed by atoms with Crippen LogP contribution in [0.3, 0.4) is 0 Å². The second kappa shape index (κ2) is 5.27. The summed E-state index contributed by atoms with van der Waals surface area (Å²) in [4.78, 5) is 26.7. The van der Waals surface area contributed by atoms with Crippen molar-refractivity contribution in [2.75, 3.05) is 6.54 Å². The van der Waals surface area contributed by atoms with Crippen molar-refractivity contribution >= 4 is 27.7 Å². The van der Waals surface area contributed by atoms with E-state index in [0.717, 1.165) is 0 Å². The van der Waals surface area contributed by atoms with Gasteiger partial charge in [-0.15, -0.1) is 0 Å². The number of pyridine rings is 1. The highest BCUT2D eigenvalue weighted by Gasteiger charge is 2.25. The van der Waals surface area contributed by atoms with E-state index in [-0.39, 0.29) is 12.5 Å². The van der Waals surface area contributed by atoms with E-state index in [1.165, 1.54) is 6.20 Å². The topological polar surface area (TPSA) is 85.1 Å². The molecular formula is C11H14BrN3O2. The van der Waals surface area contributed by atoms with Crippen LogP contribution in [0.1, 0.15) is 24.2 Å². The van der Waals surface area contributed by atoms with Crippen molar-refractivity contribution in [3.05, 3.63) is 28.5 Å². The molecule has 0 spiro atoms. The average molecular weight is 300 g/mol. The zero-order valence-electron chi connectivity index (χ0n) is 9.66. The van der Waals surface area contributed by atoms with Crippen LogP contribution in [0.4, 0.5) is 0 Å². The maximum atomic E-state index is 11.7. The molecular weight excluding hydrogens is 286 g/mol. The van der Waals surface area contributed by atoms with Crippen LogP contribution in [-0.2, 0) is 4.79 Å². The van der Waals surface area contributed by atoms with Crippen LogP contribution < -0.4 is 11.1 Å². The quantitative estimate of drug-likeness (QED) is 0.816. The molecule has 92 valence electrons. The summed E-state index contributed by atoms with van der Waals surface area (Å²) in [5.74, 6) is -0.731. The number of nitrogens with zero attached hydrogens (tertiary/aromatic N) is 1. The third-order valence-electron chi connectivity index (χ3n) is 2.35. The Hall–Kier alpha value is -1.43. The minimum atomic E-state index is -0.765. The molecule has 6 heteroatoms. The highest BCUT2D eigenvalue weighted by Crippen LogP contribution is 2.12. The van der Waals surface area contributed by atoms with Gasteiger partial charge in [-0.05, 0) is 41.9 Å². The van der Waals surface area contributed by atoms with Gasteiger partial charge in [0.1, 0.15) is 4.60 Å². The largest absolute Gasteiger partial charge is 0.369 e. The summed E-state index contributed by atoms with van der Waals surface area (Å²) < 4.78 is 0.659. The number of aromatic nitrogens is 1. The number of amides is 2. The second-order valence-corrected chi connectivity index (χ2v) is 5.11. The minimum absolute atomic E-state index is 0.192. The monoisotopic (exact) mass is 299 g/mol. The summed E-state index contributed by atoms with van der Waals surface area (Å²) in [5, 5.41) is 2.64. The molecule has 1 heterocycles. The molecule has 17 heavy (non-hydrogen) atoms. The fraction of sp³-hybridized carbons (Fsp3) is 0.364. The van der Waals surface area contributed by atoms with Crippen molar-refractivity contribution < 1.29 is 9.59 Å². The Labute approximate surface area is 108 Å². The van der Waals surface area contributed by atoms with Crippen LogP contribution in [0.2, 0.25) is 0 Å². The van der Waals surface area contributed by atoms with Gasteiger partial charge in [0.05, 0.1) is 11.0 Å². The number of halogens is 1. The van der Waals surface area contributed by atoms with Crippen LogP contribution in [0.25, 0.3) is 0 Å². The van der Waals surface area contributed by atoms with Crippen molar-refractivity contribution in [2.24, 2.45) is 11.1 Å². The van der Waals surface area contributed by atoms with E-state index in [9.17, 15) is 9.59 Å². The molecule has 1 aromatic heterocycles. The summed E-state index contributed by atoms with van der Waals surface area (Å²) in [7, 11) is 0. The van der Waals surface area contributed by atoms with Gasteiger partial charge in [0.15, 0.2) is 0 Å². The first-order valence-corrected chi connectivity index (χ1v) is 5.82. The Morgan fingerprint density at radius 1 is 1.47 bits per heavy atom. The third-order valence-corrected chi connectivity index (χ3v) is 2.82. The van der Waals surface area contributed by atoms with E-state index < -0.39 is 11.3 Å². The SMILES string of the molecule is CC(C)(CNC(=O)c1ccc(Br)nc1)C(N)=O. The first kappa shape index (κ1) is 13.6. The summed E-state index contributed by atoms with van der Waals surface area (Å²) in [5.41, 5.74) is 4.88. The normalized spacial score (nSPS) is 11.0. The highest BCUT2D eigenvalue weighted by molar-refractivity contribution is 9.10. The summed E-state index contributed by atoms with van der Waals surface area (Å²) in [6, 6.07) is 3.32. The van der Waals surface area contributed by atoms with Gasteiger partial charge in [-0.3, -0.25) is 9.59 Å². The number of nitrogens with one attached hydrogen (secondary N) is 1. The Bertz CT molecular complexity index is 429. The van der Waals surface area contributed by atoms with Gasteiger partial charge in [0, 0.05) is 12.7 Å². The molecule has 1 aromatic rings. The molecule has 0 atom stereocenters. The molecule has 0 aliphatic rings. The predicted molar refractivity (Wildman–Crippen MR) is 67.2 cm³/mol. The lowest BCUT2D eigenvalue weighted by Gasteiger charge is -2.20. The standard InChI is InChI=1S/C11H14BrN3O2/c1-11(2,10(13)17)6-15-9(16)7-3-4-8(12)14-5-7/h3-5H,6H2,1-2H3,(H2,13,17)(H,15,16). The molecule has 0 bridgehead atoms. The van der Waals surface area contributed by atoms with Crippen molar-refractivity contribution in [3.8, 4) is 0 Å². The molecule has 0 unspecified atom stereocenters. The summed E-state index contributed by atoms with van der Waals surface area (Å²) in [6.07, 6.45) is 1.46. The van der Waals surface area contributed by atoms with Crippen molar-refractivity contribution in [2.45, 2.75) is 13.8 Å². The summed E-state index contributed by atoms with van der Waals surface area (Å²) >= 11 is 3.18. The molecule has 0 aromatic carbocycles. The second-order valence-electron chi connectivity index (χ2n) is 4.30. The summed E-state index contributed by atoms with van der Waals surface area (Å²) in [6.45, 7) is 3.54. The van der Waals surface area contributed by atoms with Gasteiger partial charge in [-0.25, -0.2) is 4.98 Å². The van der Waals surface area contributed by atoms with Crippen molar-refractivity contribution in [1.82, 2.24) is 10.3 Å². The molecule has 0 saturated heterocycles. The van der Waals surface area contributed by atoms with Crippen molar-refractivity contribution in [3.63, 3.8) is 0 Å². The van der Waals surface area contributed by atoms with Gasteiger partial charge in [0.2, 0.25) is 5.91 Å². The van der Waals surface area contributed by atoms with Gasteiger partial charge in [-0.2, -0.15) is 0 Å². The van der Waals surface area contributed by atoms with Crippen LogP contribution in [-0.4, -0.2) is 23.3 Å². The maximum Gasteiger partial charge on any atom is 0.252 e. The first-order chi connectivity index (χ1) is 7.83. The average Bonchev–Trinajstić information content (AvgIpc) is 2.27. The van der Waals surface area contributed by atoms with Crippen molar-refractivity contribution in [1.29, 1.82) is 0 Å². The van der Waals surface area contributed by atoms with E-state index in [4.69, 9.17) is 5.73 Å². The number of carbonyl (C=O) groups is 2. The predicted octanol–water partition coefficient (Wildman–Crippen LogP) is 1.09. The smallest absolute Gasteiger partial charge is 0.252 e. The lowest BCUT2D eigenvalue weighted by Crippen LogP contribution is -2.42. The number of hydrogen-bond donors (Lipinski definition) is 2. The molecule has 0 aliphatic carbocycles. The molecule has 0 fully saturated rings. The third kappa shape index (κ3) is 3.81. The fourth-order valence-electron chi connectivity index (χ4n) is 1.00. The molecule has 2 amide bonds. The Morgan fingerprint density at radius 3 is 2.59 bits per heavy atom. The zero-order valence-corrected chi connectivity index (χ0v) is 11.2. The van der Waals surface area contributed by atoms with Crippen LogP contribution in [0, 0.1) is 5.41 Å². The fourth-order valence-corrected chi connectivity index (χ4v) is 1.24. The van der Waals surface area contributed by atoms with E-state index in [2.05, 4.69) is 26.2 Å². The number of carbonyl (C=O) groups excluding carboxylic acids is 2. The van der Waals surface area contributed by atoms with E-state index in [0.29, 0.717) is 10.2 Å². The molecule has 0 aliphatic heterocycles. The van der Waals surface area contributed by atoms with Gasteiger partial charge in [-0.1, -0.05) is 0 Å². The van der Waals surface area contributed by atoms with Crippen LogP contribution in [0.5, 0.6) is 0 Å². The molecule has 0 radical (unpaired) electrons. The number of nitrogens with two attached hydrogens (primary N) is 1. The van der Waals surface area contributed by atoms with E-state index in [1.807, 2.05) is 0 Å². The van der Waals surface area contributed by atoms with Crippen LogP contribution in [0.15, 0.2) is 22.9 Å². The van der Waals surface area contributed by atoms with Gasteiger partial charge < -0.3 is 11.1 Å². The highest BCUT2D eigenvalue weighted by atomic mass is 79.9. The zero-order chi connectivity index (χ0) is 13.1.